The van der Waals surface area contributed by atoms with Gasteiger partial charge in [0.25, 0.3) is 0 Å². The van der Waals surface area contributed by atoms with Crippen LogP contribution in [0.1, 0.15) is 5.56 Å². The van der Waals surface area contributed by atoms with E-state index in [9.17, 15) is 4.79 Å². The summed E-state index contributed by atoms with van der Waals surface area (Å²) < 4.78 is 5.83. The van der Waals surface area contributed by atoms with Crippen molar-refractivity contribution in [3.63, 3.8) is 0 Å². The van der Waals surface area contributed by atoms with Crippen LogP contribution in [0.15, 0.2) is 95.7 Å². The molecule has 0 aliphatic carbocycles. The van der Waals surface area contributed by atoms with Gasteiger partial charge in [0.15, 0.2) is 5.76 Å². The van der Waals surface area contributed by atoms with Crippen LogP contribution in [-0.4, -0.2) is 11.9 Å². The van der Waals surface area contributed by atoms with Crippen LogP contribution in [0.25, 0.3) is 6.08 Å². The molecule has 4 rings (SSSR count). The molecule has 0 N–H and O–H groups in total. The van der Waals surface area contributed by atoms with E-state index >= 15 is 0 Å². The number of hydrogen-bond donors (Lipinski definition) is 0. The van der Waals surface area contributed by atoms with Crippen LogP contribution >= 0.6 is 11.6 Å². The highest BCUT2D eigenvalue weighted by Gasteiger charge is 2.36. The maximum absolute atomic E-state index is 13.0. The molecule has 1 heterocycles. The molecule has 3 aromatic rings. The first kappa shape index (κ1) is 17.1. The molecule has 5 heteroatoms. The number of halogens is 1. The number of amidine groups is 1. The fraction of sp³-hybridized carbons (Fsp3) is 0. The van der Waals surface area contributed by atoms with Gasteiger partial charge in [0, 0.05) is 5.02 Å². The van der Waals surface area contributed by atoms with Crippen LogP contribution < -0.4 is 4.90 Å². The van der Waals surface area contributed by atoms with E-state index in [1.165, 1.54) is 4.90 Å². The first-order chi connectivity index (χ1) is 13.2. The summed E-state index contributed by atoms with van der Waals surface area (Å²) in [5, 5.41) is 0.632. The highest BCUT2D eigenvalue weighted by molar-refractivity contribution is 6.30. The minimum Gasteiger partial charge on any atom is -0.419 e. The maximum Gasteiger partial charge on any atom is 0.310 e. The Kier molecular flexibility index (Phi) is 4.73. The van der Waals surface area contributed by atoms with Crippen molar-refractivity contribution < 1.29 is 9.53 Å². The standard InChI is InChI=1S/C22H15ClN2O2/c23-17-13-11-16(12-14-17)15-20-21(26)25(19-9-5-2-6-10-19)22(27-20)24-18-7-3-1-4-8-18/h1-15H. The molecule has 0 spiro atoms. The van der Waals surface area contributed by atoms with Crippen LogP contribution in [0, 0.1) is 0 Å². The fourth-order valence-corrected chi connectivity index (χ4v) is 2.80. The smallest absolute Gasteiger partial charge is 0.310 e. The molecule has 3 aromatic carbocycles. The second-order valence-corrected chi connectivity index (χ2v) is 6.30. The lowest BCUT2D eigenvalue weighted by atomic mass is 10.2. The van der Waals surface area contributed by atoms with Gasteiger partial charge in [0.1, 0.15) is 0 Å². The van der Waals surface area contributed by atoms with Gasteiger partial charge in [-0.2, -0.15) is 4.99 Å². The van der Waals surface area contributed by atoms with Crippen LogP contribution in [-0.2, 0) is 9.53 Å². The number of aliphatic imine (C=N–C) groups is 1. The van der Waals surface area contributed by atoms with Gasteiger partial charge in [-0.25, -0.2) is 4.90 Å². The number of nitrogens with zero attached hydrogens (tertiary/aromatic N) is 2. The monoisotopic (exact) mass is 374 g/mol. The molecule has 1 aliphatic heterocycles. The van der Waals surface area contributed by atoms with E-state index in [1.807, 2.05) is 72.8 Å². The van der Waals surface area contributed by atoms with E-state index in [-0.39, 0.29) is 17.7 Å². The summed E-state index contributed by atoms with van der Waals surface area (Å²) in [4.78, 5) is 19.0. The van der Waals surface area contributed by atoms with Gasteiger partial charge in [0.2, 0.25) is 0 Å². The predicted octanol–water partition coefficient (Wildman–Crippen LogP) is 5.43. The van der Waals surface area contributed by atoms with Gasteiger partial charge < -0.3 is 4.74 Å². The molecule has 0 atom stereocenters. The van der Waals surface area contributed by atoms with Crippen molar-refractivity contribution in [3.05, 3.63) is 101 Å². The quantitative estimate of drug-likeness (QED) is 0.573. The number of hydrogen-bond acceptors (Lipinski definition) is 3. The van der Waals surface area contributed by atoms with Crippen molar-refractivity contribution in [2.75, 3.05) is 4.90 Å². The fourth-order valence-electron chi connectivity index (χ4n) is 2.68. The largest absolute Gasteiger partial charge is 0.419 e. The Hall–Kier alpha value is -3.37. The number of rotatable bonds is 3. The average molecular weight is 375 g/mol. The first-order valence-electron chi connectivity index (χ1n) is 8.39. The van der Waals surface area contributed by atoms with Crippen molar-refractivity contribution in [2.24, 2.45) is 4.99 Å². The molecule has 0 radical (unpaired) electrons. The van der Waals surface area contributed by atoms with Gasteiger partial charge >= 0.3 is 11.9 Å². The number of amides is 1. The zero-order chi connectivity index (χ0) is 18.6. The lowest BCUT2D eigenvalue weighted by molar-refractivity contribution is -0.114. The van der Waals surface area contributed by atoms with E-state index in [0.29, 0.717) is 16.4 Å². The highest BCUT2D eigenvalue weighted by Crippen LogP contribution is 2.28. The highest BCUT2D eigenvalue weighted by atomic mass is 35.5. The molecular formula is C22H15ClN2O2. The van der Waals surface area contributed by atoms with Crippen LogP contribution in [0.5, 0.6) is 0 Å². The predicted molar refractivity (Wildman–Crippen MR) is 108 cm³/mol. The third-order valence-electron chi connectivity index (χ3n) is 3.97. The minimum absolute atomic E-state index is 0.204. The van der Waals surface area contributed by atoms with Crippen molar-refractivity contribution in [1.29, 1.82) is 0 Å². The molecule has 1 saturated heterocycles. The molecule has 0 saturated carbocycles. The van der Waals surface area contributed by atoms with E-state index in [1.54, 1.807) is 18.2 Å². The van der Waals surface area contributed by atoms with Crippen LogP contribution in [0.4, 0.5) is 11.4 Å². The number of ether oxygens (including phenoxy) is 1. The van der Waals surface area contributed by atoms with Crippen molar-refractivity contribution in [2.45, 2.75) is 0 Å². The topological polar surface area (TPSA) is 41.9 Å². The Balaban J connectivity index is 1.76. The van der Waals surface area contributed by atoms with Gasteiger partial charge in [-0.3, -0.25) is 4.79 Å². The number of anilines is 1. The summed E-state index contributed by atoms with van der Waals surface area (Å²) in [7, 11) is 0. The minimum atomic E-state index is -0.272. The van der Waals surface area contributed by atoms with Gasteiger partial charge in [-0.1, -0.05) is 60.1 Å². The second-order valence-electron chi connectivity index (χ2n) is 5.87. The number of carbonyl (C=O) groups excluding carboxylic acids is 1. The molecule has 0 aromatic heterocycles. The third kappa shape index (κ3) is 3.76. The summed E-state index contributed by atoms with van der Waals surface area (Å²) in [5.41, 5.74) is 2.21. The lowest BCUT2D eigenvalue weighted by Gasteiger charge is -2.13. The van der Waals surface area contributed by atoms with Gasteiger partial charge in [-0.05, 0) is 48.0 Å². The first-order valence-corrected chi connectivity index (χ1v) is 8.77. The zero-order valence-electron chi connectivity index (χ0n) is 14.2. The number of benzene rings is 3. The Morgan fingerprint density at radius 3 is 2.15 bits per heavy atom. The molecule has 0 unspecified atom stereocenters. The van der Waals surface area contributed by atoms with E-state index in [4.69, 9.17) is 16.3 Å². The van der Waals surface area contributed by atoms with Gasteiger partial charge in [-0.15, -0.1) is 0 Å². The number of para-hydroxylation sites is 2. The van der Waals surface area contributed by atoms with Gasteiger partial charge in [0.05, 0.1) is 11.4 Å². The lowest BCUT2D eigenvalue weighted by Crippen LogP contribution is -2.29. The molecule has 132 valence electrons. The van der Waals surface area contributed by atoms with E-state index < -0.39 is 0 Å². The maximum atomic E-state index is 13.0. The Morgan fingerprint density at radius 1 is 0.852 bits per heavy atom. The molecule has 1 amide bonds. The molecule has 1 fully saturated rings. The third-order valence-corrected chi connectivity index (χ3v) is 4.22. The summed E-state index contributed by atoms with van der Waals surface area (Å²) in [6, 6.07) is 26.1. The Labute approximate surface area is 162 Å². The SMILES string of the molecule is O=C1C(=Cc2ccc(Cl)cc2)OC(=Nc2ccccc2)N1c1ccccc1. The summed E-state index contributed by atoms with van der Waals surface area (Å²) in [6.45, 7) is 0. The number of carbonyl (C=O) groups is 1. The van der Waals surface area contributed by atoms with Crippen molar-refractivity contribution in [1.82, 2.24) is 0 Å². The van der Waals surface area contributed by atoms with Crippen LogP contribution in [0.3, 0.4) is 0 Å². The summed E-state index contributed by atoms with van der Waals surface area (Å²) in [6.07, 6.45) is 1.68. The van der Waals surface area contributed by atoms with Crippen LogP contribution in [0.2, 0.25) is 5.02 Å². The van der Waals surface area contributed by atoms with Crippen molar-refractivity contribution >= 4 is 41.0 Å². The van der Waals surface area contributed by atoms with Crippen molar-refractivity contribution in [3.8, 4) is 0 Å². The van der Waals surface area contributed by atoms with E-state index in [2.05, 4.69) is 4.99 Å². The molecule has 0 bridgehead atoms. The molecule has 1 aliphatic rings. The Morgan fingerprint density at radius 2 is 1.48 bits per heavy atom. The normalized spacial score (nSPS) is 16.8. The summed E-state index contributed by atoms with van der Waals surface area (Å²) in [5.74, 6) is -0.0679. The summed E-state index contributed by atoms with van der Waals surface area (Å²) >= 11 is 5.93. The molecule has 27 heavy (non-hydrogen) atoms. The average Bonchev–Trinajstić information content (AvgIpc) is 3.00. The molecule has 4 nitrogen and oxygen atoms in total. The van der Waals surface area contributed by atoms with E-state index in [0.717, 1.165) is 5.56 Å². The zero-order valence-corrected chi connectivity index (χ0v) is 15.0. The second kappa shape index (κ2) is 7.48. The Bertz CT molecular complexity index is 1010. The molecular weight excluding hydrogens is 360 g/mol.